The molecule has 0 nitrogen and oxygen atoms in total. The normalized spacial score (nSPS) is 17.2. The van der Waals surface area contributed by atoms with Crippen LogP contribution in [-0.4, -0.2) is 0 Å². The summed E-state index contributed by atoms with van der Waals surface area (Å²) >= 11 is 0. The van der Waals surface area contributed by atoms with Crippen molar-refractivity contribution in [2.75, 3.05) is 0 Å². The Morgan fingerprint density at radius 1 is 1.17 bits per heavy atom. The van der Waals surface area contributed by atoms with E-state index in [0.717, 1.165) is 5.92 Å². The average Bonchev–Trinajstić information content (AvgIpc) is 2.87. The molecule has 1 aliphatic rings. The fraction of sp³-hybridized carbons (Fsp3) is 0.917. The third-order valence-electron chi connectivity index (χ3n) is 3.02. The summed E-state index contributed by atoms with van der Waals surface area (Å²) in [6.07, 6.45) is 11.6. The van der Waals surface area contributed by atoms with Crippen LogP contribution in [0, 0.1) is 11.8 Å². The maximum Gasteiger partial charge on any atom is -0.0275 e. The van der Waals surface area contributed by atoms with Gasteiger partial charge in [0.15, 0.2) is 0 Å². The van der Waals surface area contributed by atoms with Crippen LogP contribution in [0.15, 0.2) is 0 Å². The van der Waals surface area contributed by atoms with Crippen LogP contribution in [0.5, 0.6) is 0 Å². The summed E-state index contributed by atoms with van der Waals surface area (Å²) in [4.78, 5) is 0. The van der Waals surface area contributed by atoms with E-state index >= 15 is 0 Å². The molecule has 0 aromatic rings. The first kappa shape index (κ1) is 10.1. The number of hydrogen-bond donors (Lipinski definition) is 0. The lowest BCUT2D eigenvalue weighted by Gasteiger charge is -2.06. The largest absolute Gasteiger partial charge is 0.0648 e. The lowest BCUT2D eigenvalue weighted by molar-refractivity contribution is 0.582. The second-order valence-electron chi connectivity index (χ2n) is 4.35. The van der Waals surface area contributed by atoms with E-state index in [0.29, 0.717) is 0 Å². The van der Waals surface area contributed by atoms with Crippen molar-refractivity contribution in [2.45, 2.75) is 65.2 Å². The van der Waals surface area contributed by atoms with Gasteiger partial charge in [-0.25, -0.2) is 0 Å². The molecule has 0 saturated heterocycles. The van der Waals surface area contributed by atoms with Gasteiger partial charge in [-0.3, -0.25) is 0 Å². The number of hydrogen-bond acceptors (Lipinski definition) is 0. The third-order valence-corrected chi connectivity index (χ3v) is 3.02. The molecule has 0 aliphatic heterocycles. The van der Waals surface area contributed by atoms with E-state index in [1.54, 1.807) is 5.92 Å². The Kier molecular flexibility index (Phi) is 4.72. The van der Waals surface area contributed by atoms with Crippen LogP contribution >= 0.6 is 0 Å². The molecular formula is C12H23. The average molecular weight is 167 g/mol. The summed E-state index contributed by atoms with van der Waals surface area (Å²) in [5.41, 5.74) is 0. The van der Waals surface area contributed by atoms with Crippen LogP contribution in [0.4, 0.5) is 0 Å². The highest BCUT2D eigenvalue weighted by atomic mass is 14.3. The van der Waals surface area contributed by atoms with Gasteiger partial charge in [0.2, 0.25) is 0 Å². The minimum absolute atomic E-state index is 1.14. The van der Waals surface area contributed by atoms with E-state index in [1.807, 2.05) is 0 Å². The Labute approximate surface area is 77.7 Å². The van der Waals surface area contributed by atoms with Gasteiger partial charge in [0.1, 0.15) is 0 Å². The topological polar surface area (TPSA) is 0 Å². The smallest absolute Gasteiger partial charge is 0.0275 e. The molecule has 12 heavy (non-hydrogen) atoms. The van der Waals surface area contributed by atoms with Crippen molar-refractivity contribution in [3.8, 4) is 0 Å². The molecular weight excluding hydrogens is 144 g/mol. The van der Waals surface area contributed by atoms with E-state index in [-0.39, 0.29) is 0 Å². The van der Waals surface area contributed by atoms with Gasteiger partial charge in [-0.05, 0) is 18.3 Å². The summed E-state index contributed by atoms with van der Waals surface area (Å²) in [6, 6.07) is 0. The molecule has 0 heterocycles. The van der Waals surface area contributed by atoms with Gasteiger partial charge in [0.25, 0.3) is 0 Å². The van der Waals surface area contributed by atoms with Gasteiger partial charge in [-0.2, -0.15) is 0 Å². The molecule has 0 aromatic heterocycles. The molecule has 0 bridgehead atoms. The van der Waals surface area contributed by atoms with Crippen molar-refractivity contribution in [1.82, 2.24) is 0 Å². The molecule has 71 valence electrons. The van der Waals surface area contributed by atoms with Crippen LogP contribution in [0.1, 0.15) is 65.2 Å². The first-order valence-corrected chi connectivity index (χ1v) is 5.64. The molecule has 1 rings (SSSR count). The van der Waals surface area contributed by atoms with E-state index in [4.69, 9.17) is 0 Å². The molecule has 0 N–H and O–H groups in total. The highest BCUT2D eigenvalue weighted by molar-refractivity contribution is 4.81. The zero-order chi connectivity index (χ0) is 8.81. The van der Waals surface area contributed by atoms with Crippen LogP contribution in [0.2, 0.25) is 0 Å². The molecule has 0 unspecified atom stereocenters. The summed E-state index contributed by atoms with van der Waals surface area (Å²) in [5.74, 6) is 2.82. The molecule has 1 fully saturated rings. The Hall–Kier alpha value is 0. The molecule has 0 heteroatoms. The van der Waals surface area contributed by atoms with Crippen LogP contribution in [0.3, 0.4) is 0 Å². The van der Waals surface area contributed by atoms with Gasteiger partial charge in [0.05, 0.1) is 0 Å². The summed E-state index contributed by atoms with van der Waals surface area (Å²) in [5, 5.41) is 0. The van der Waals surface area contributed by atoms with E-state index in [9.17, 15) is 0 Å². The molecule has 0 spiro atoms. The van der Waals surface area contributed by atoms with Crippen LogP contribution in [-0.2, 0) is 0 Å². The third kappa shape index (κ3) is 4.79. The fourth-order valence-electron chi connectivity index (χ4n) is 1.62. The predicted molar refractivity (Wildman–Crippen MR) is 55.0 cm³/mol. The first-order valence-electron chi connectivity index (χ1n) is 5.64. The number of rotatable bonds is 7. The summed E-state index contributed by atoms with van der Waals surface area (Å²) in [7, 11) is 0. The highest BCUT2D eigenvalue weighted by Crippen LogP contribution is 2.34. The van der Waals surface area contributed by atoms with E-state index in [1.165, 1.54) is 51.4 Å². The zero-order valence-corrected chi connectivity index (χ0v) is 8.73. The van der Waals surface area contributed by atoms with Crippen LogP contribution in [0.25, 0.3) is 0 Å². The van der Waals surface area contributed by atoms with Gasteiger partial charge in [-0.15, -0.1) is 0 Å². The molecule has 1 radical (unpaired) electrons. The zero-order valence-electron chi connectivity index (χ0n) is 8.73. The maximum atomic E-state index is 2.29. The van der Waals surface area contributed by atoms with Gasteiger partial charge in [0, 0.05) is 0 Å². The Bertz CT molecular complexity index is 103. The highest BCUT2D eigenvalue weighted by Gasteiger charge is 2.19. The lowest BCUT2D eigenvalue weighted by atomic mass is 10.00. The van der Waals surface area contributed by atoms with Crippen molar-refractivity contribution in [1.29, 1.82) is 0 Å². The first-order chi connectivity index (χ1) is 5.83. The maximum absolute atomic E-state index is 2.29. The molecule has 1 saturated carbocycles. The van der Waals surface area contributed by atoms with Gasteiger partial charge >= 0.3 is 0 Å². The van der Waals surface area contributed by atoms with Crippen molar-refractivity contribution < 1.29 is 0 Å². The van der Waals surface area contributed by atoms with Gasteiger partial charge in [-0.1, -0.05) is 58.8 Å². The monoisotopic (exact) mass is 167 g/mol. The van der Waals surface area contributed by atoms with Crippen molar-refractivity contribution in [2.24, 2.45) is 5.92 Å². The fourth-order valence-corrected chi connectivity index (χ4v) is 1.62. The minimum Gasteiger partial charge on any atom is -0.0648 e. The molecule has 0 atom stereocenters. The van der Waals surface area contributed by atoms with E-state index in [2.05, 4.69) is 13.8 Å². The Morgan fingerprint density at radius 3 is 2.50 bits per heavy atom. The molecule has 1 aliphatic carbocycles. The number of unbranched alkanes of at least 4 members (excludes halogenated alkanes) is 2. The van der Waals surface area contributed by atoms with Gasteiger partial charge < -0.3 is 0 Å². The van der Waals surface area contributed by atoms with Crippen molar-refractivity contribution >= 4 is 0 Å². The second-order valence-corrected chi connectivity index (χ2v) is 4.35. The quantitative estimate of drug-likeness (QED) is 0.494. The summed E-state index contributed by atoms with van der Waals surface area (Å²) < 4.78 is 0. The Balaban J connectivity index is 1.75. The second kappa shape index (κ2) is 5.61. The minimum atomic E-state index is 1.14. The predicted octanol–water partition coefficient (Wildman–Crippen LogP) is 4.35. The van der Waals surface area contributed by atoms with E-state index < -0.39 is 0 Å². The van der Waals surface area contributed by atoms with Crippen molar-refractivity contribution in [3.63, 3.8) is 0 Å². The van der Waals surface area contributed by atoms with Crippen LogP contribution < -0.4 is 0 Å². The summed E-state index contributed by atoms with van der Waals surface area (Å²) in [6.45, 7) is 4.56. The SMILES string of the molecule is CC[C](C)CCCCCC1CC1. The lowest BCUT2D eigenvalue weighted by Crippen LogP contribution is -1.89. The van der Waals surface area contributed by atoms with Crippen molar-refractivity contribution in [3.05, 3.63) is 5.92 Å². The standard InChI is InChI=1S/C12H23/c1-3-11(2)7-5-4-6-8-12-9-10-12/h12H,3-10H2,1-2H3. The molecule has 0 aromatic carbocycles. The Morgan fingerprint density at radius 2 is 1.92 bits per heavy atom. The molecule has 0 amide bonds.